The Morgan fingerprint density at radius 2 is 2.11 bits per heavy atom. The van der Waals surface area contributed by atoms with Crippen LogP contribution in [0.2, 0.25) is 10.0 Å². The molecule has 1 amide bonds. The van der Waals surface area contributed by atoms with Gasteiger partial charge in [-0.05, 0) is 31.5 Å². The fraction of sp³-hybridized carbons (Fsp3) is 0.346. The Morgan fingerprint density at radius 1 is 1.34 bits per heavy atom. The van der Waals surface area contributed by atoms with E-state index in [-0.39, 0.29) is 17.5 Å². The van der Waals surface area contributed by atoms with Gasteiger partial charge in [-0.2, -0.15) is 5.26 Å². The minimum absolute atomic E-state index is 0.00392. The summed E-state index contributed by atoms with van der Waals surface area (Å²) < 4.78 is 6.07. The second-order valence-corrected chi connectivity index (χ2v) is 10.3. The number of imidazole rings is 1. The first kappa shape index (κ1) is 26.0. The first-order chi connectivity index (χ1) is 18.2. The summed E-state index contributed by atoms with van der Waals surface area (Å²) in [5.41, 5.74) is 9.34. The van der Waals surface area contributed by atoms with Gasteiger partial charge in [0.15, 0.2) is 5.82 Å². The maximum atomic E-state index is 12.8. The number of anilines is 1. The molecule has 3 aromatic rings. The quantitative estimate of drug-likeness (QED) is 0.297. The molecule has 2 aliphatic heterocycles. The van der Waals surface area contributed by atoms with E-state index in [0.717, 1.165) is 24.4 Å². The Labute approximate surface area is 229 Å². The summed E-state index contributed by atoms with van der Waals surface area (Å²) in [6.07, 6.45) is 3.35. The van der Waals surface area contributed by atoms with Gasteiger partial charge >= 0.3 is 0 Å². The van der Waals surface area contributed by atoms with Gasteiger partial charge in [-0.3, -0.25) is 20.1 Å². The monoisotopic (exact) mass is 552 g/mol. The zero-order valence-corrected chi connectivity index (χ0v) is 22.2. The normalized spacial score (nSPS) is 17.7. The van der Waals surface area contributed by atoms with E-state index in [1.54, 1.807) is 23.1 Å². The second kappa shape index (κ2) is 10.6. The molecule has 1 fully saturated rings. The lowest BCUT2D eigenvalue weighted by Gasteiger charge is -2.20. The zero-order chi connectivity index (χ0) is 27.0. The van der Waals surface area contributed by atoms with Crippen LogP contribution >= 0.6 is 23.2 Å². The topological polar surface area (TPSA) is 148 Å². The van der Waals surface area contributed by atoms with E-state index in [1.807, 2.05) is 11.8 Å². The van der Waals surface area contributed by atoms with Gasteiger partial charge in [-0.25, -0.2) is 4.98 Å². The fourth-order valence-electron chi connectivity index (χ4n) is 4.83. The summed E-state index contributed by atoms with van der Waals surface area (Å²) in [4.78, 5) is 28.3. The highest BCUT2D eigenvalue weighted by Gasteiger charge is 2.31. The van der Waals surface area contributed by atoms with Crippen LogP contribution in [0, 0.1) is 22.7 Å². The molecule has 4 N–H and O–H groups in total. The zero-order valence-electron chi connectivity index (χ0n) is 20.7. The molecule has 0 bridgehead atoms. The van der Waals surface area contributed by atoms with Crippen molar-refractivity contribution in [3.63, 3.8) is 0 Å². The number of aromatic nitrogens is 3. The first-order valence-electron chi connectivity index (χ1n) is 12.1. The van der Waals surface area contributed by atoms with Gasteiger partial charge in [0.2, 0.25) is 5.91 Å². The van der Waals surface area contributed by atoms with Gasteiger partial charge in [-0.1, -0.05) is 23.2 Å². The molecule has 196 valence electrons. The van der Waals surface area contributed by atoms with E-state index in [9.17, 15) is 4.79 Å². The van der Waals surface area contributed by atoms with E-state index < -0.39 is 6.10 Å². The van der Waals surface area contributed by atoms with Crippen molar-refractivity contribution in [2.45, 2.75) is 32.5 Å². The number of benzene rings is 1. The maximum absolute atomic E-state index is 12.8. The molecule has 1 saturated heterocycles. The lowest BCUT2D eigenvalue weighted by Crippen LogP contribution is -2.37. The Morgan fingerprint density at radius 3 is 2.79 bits per heavy atom. The predicted molar refractivity (Wildman–Crippen MR) is 143 cm³/mol. The molecule has 10 nitrogen and oxygen atoms in total. The highest BCUT2D eigenvalue weighted by molar-refractivity contribution is 6.35. The van der Waals surface area contributed by atoms with Crippen LogP contribution in [0.15, 0.2) is 30.6 Å². The van der Waals surface area contributed by atoms with Crippen molar-refractivity contribution in [3.05, 3.63) is 69.0 Å². The van der Waals surface area contributed by atoms with Crippen molar-refractivity contribution in [2.75, 3.05) is 25.4 Å². The van der Waals surface area contributed by atoms with Crippen LogP contribution in [0.5, 0.6) is 5.75 Å². The molecular formula is C26H26Cl2N8O2. The van der Waals surface area contributed by atoms with Crippen molar-refractivity contribution in [3.8, 4) is 11.8 Å². The molecule has 0 spiro atoms. The molecule has 38 heavy (non-hydrogen) atoms. The summed E-state index contributed by atoms with van der Waals surface area (Å²) in [7, 11) is 0. The third kappa shape index (κ3) is 5.18. The summed E-state index contributed by atoms with van der Waals surface area (Å²) in [5.74, 6) is 0.863. The molecule has 2 aliphatic rings. The minimum Gasteiger partial charge on any atom is -0.486 e. The number of aromatic amines is 1. The Kier molecular flexibility index (Phi) is 7.25. The number of ether oxygens (including phenoxy) is 1. The van der Waals surface area contributed by atoms with Crippen LogP contribution in [0.1, 0.15) is 47.8 Å². The van der Waals surface area contributed by atoms with Crippen molar-refractivity contribution < 1.29 is 9.53 Å². The maximum Gasteiger partial charge on any atom is 0.237 e. The number of H-pyrrole nitrogens is 1. The molecule has 5 rings (SSSR count). The highest BCUT2D eigenvalue weighted by Crippen LogP contribution is 2.33. The molecule has 12 heteroatoms. The molecule has 2 aromatic heterocycles. The first-order valence-corrected chi connectivity index (χ1v) is 12.9. The van der Waals surface area contributed by atoms with Gasteiger partial charge in [0.25, 0.3) is 0 Å². The number of nitriles is 1. The Bertz CT molecular complexity index is 1410. The van der Waals surface area contributed by atoms with Crippen LogP contribution in [-0.4, -0.2) is 56.0 Å². The van der Waals surface area contributed by atoms with Crippen LogP contribution in [-0.2, 0) is 17.9 Å². The summed E-state index contributed by atoms with van der Waals surface area (Å²) in [6, 6.07) is 7.35. The van der Waals surface area contributed by atoms with Crippen molar-refractivity contribution >= 4 is 40.5 Å². The summed E-state index contributed by atoms with van der Waals surface area (Å²) in [6.45, 7) is 4.28. The standard InChI is InChI=1S/C26H26Cl2N8O2/c1-14(24-18(27)8-32-9-19(24)28)38-16-2-3-20(30)17(6-16)25(31)26-33-21-11-36(12-22(21)34-26)23(37)13-35-5-4-15(7-29)10-35/h2-3,6,8-9,14-15,31H,4-5,10-13,30H2,1H3,(H,33,34). The number of halogens is 2. The van der Waals surface area contributed by atoms with E-state index in [2.05, 4.69) is 21.0 Å². The number of pyridine rings is 1. The van der Waals surface area contributed by atoms with Gasteiger partial charge in [-0.15, -0.1) is 0 Å². The number of likely N-dealkylation sites (tertiary alicyclic amines) is 1. The van der Waals surface area contributed by atoms with Crippen LogP contribution in [0.4, 0.5) is 5.69 Å². The number of carbonyl (C=O) groups excluding carboxylic acids is 1. The number of fused-ring (bicyclic) bond motifs is 1. The number of nitrogens with two attached hydrogens (primary N) is 1. The molecule has 0 saturated carbocycles. The Hall–Kier alpha value is -3.65. The molecule has 4 heterocycles. The lowest BCUT2D eigenvalue weighted by molar-refractivity contribution is -0.132. The van der Waals surface area contributed by atoms with Crippen molar-refractivity contribution in [1.29, 1.82) is 10.7 Å². The number of amides is 1. The predicted octanol–water partition coefficient (Wildman–Crippen LogP) is 3.94. The molecule has 1 aromatic carbocycles. The van der Waals surface area contributed by atoms with Gasteiger partial charge in [0, 0.05) is 42.3 Å². The molecule has 2 unspecified atom stereocenters. The summed E-state index contributed by atoms with van der Waals surface area (Å²) in [5, 5.41) is 18.6. The van der Waals surface area contributed by atoms with Gasteiger partial charge in [0.05, 0.1) is 53.1 Å². The number of nitrogens with zero attached hydrogens (tertiary/aromatic N) is 5. The summed E-state index contributed by atoms with van der Waals surface area (Å²) >= 11 is 12.5. The number of hydrogen-bond acceptors (Lipinski definition) is 8. The van der Waals surface area contributed by atoms with Crippen LogP contribution < -0.4 is 10.5 Å². The minimum atomic E-state index is -0.467. The van der Waals surface area contributed by atoms with Crippen LogP contribution in [0.3, 0.4) is 0 Å². The number of rotatable bonds is 7. The van der Waals surface area contributed by atoms with Gasteiger partial charge in [0.1, 0.15) is 17.6 Å². The van der Waals surface area contributed by atoms with E-state index in [1.165, 1.54) is 12.4 Å². The molecule has 0 aliphatic carbocycles. The molecule has 2 atom stereocenters. The number of nitrogen functional groups attached to an aromatic ring is 1. The third-order valence-corrected chi connectivity index (χ3v) is 7.46. The van der Waals surface area contributed by atoms with Gasteiger partial charge < -0.3 is 20.4 Å². The number of nitrogens with one attached hydrogen (secondary N) is 2. The smallest absolute Gasteiger partial charge is 0.237 e. The number of hydrogen-bond donors (Lipinski definition) is 3. The van der Waals surface area contributed by atoms with E-state index >= 15 is 0 Å². The fourth-order valence-corrected chi connectivity index (χ4v) is 5.50. The highest BCUT2D eigenvalue weighted by atomic mass is 35.5. The SMILES string of the molecule is CC(Oc1ccc(N)c(C(=N)c2nc3c([nH]2)CN(C(=O)CN2CCC(C#N)C2)C3)c1)c1c(Cl)cncc1Cl. The second-order valence-electron chi connectivity index (χ2n) is 9.51. The lowest BCUT2D eigenvalue weighted by atomic mass is 10.1. The average molecular weight is 553 g/mol. The molecule has 0 radical (unpaired) electrons. The van der Waals surface area contributed by atoms with E-state index in [4.69, 9.17) is 44.3 Å². The largest absolute Gasteiger partial charge is 0.486 e. The number of carbonyl (C=O) groups is 1. The van der Waals surface area contributed by atoms with E-state index in [0.29, 0.717) is 64.6 Å². The van der Waals surface area contributed by atoms with Crippen molar-refractivity contribution in [1.82, 2.24) is 24.8 Å². The Balaban J connectivity index is 1.26. The van der Waals surface area contributed by atoms with Crippen molar-refractivity contribution in [2.24, 2.45) is 5.92 Å². The average Bonchev–Trinajstić information content (AvgIpc) is 3.60. The molecular weight excluding hydrogens is 527 g/mol. The van der Waals surface area contributed by atoms with Crippen LogP contribution in [0.25, 0.3) is 0 Å². The third-order valence-electron chi connectivity index (χ3n) is 6.86.